The molecule has 1 heterocycles. The van der Waals surface area contributed by atoms with Crippen molar-refractivity contribution in [2.75, 3.05) is 0 Å². The van der Waals surface area contributed by atoms with Crippen LogP contribution in [-0.2, 0) is 4.79 Å². The van der Waals surface area contributed by atoms with Crippen molar-refractivity contribution < 1.29 is 9.90 Å². The smallest absolute Gasteiger partial charge is 0.354 e. The van der Waals surface area contributed by atoms with E-state index in [4.69, 9.17) is 5.11 Å². The summed E-state index contributed by atoms with van der Waals surface area (Å²) < 4.78 is 0. The Morgan fingerprint density at radius 2 is 2.44 bits per heavy atom. The third-order valence-corrected chi connectivity index (χ3v) is 1.66. The quantitative estimate of drug-likeness (QED) is 0.456. The average Bonchev–Trinajstić information content (AvgIpc) is 2.13. The summed E-state index contributed by atoms with van der Waals surface area (Å²) in [6.07, 6.45) is 0. The van der Waals surface area contributed by atoms with E-state index in [1.54, 1.807) is 6.92 Å². The van der Waals surface area contributed by atoms with Crippen LogP contribution in [0, 0.1) is 0 Å². The minimum absolute atomic E-state index is 0.236. The van der Waals surface area contributed by atoms with Gasteiger partial charge >= 0.3 is 5.97 Å². The van der Waals surface area contributed by atoms with Gasteiger partial charge in [0.05, 0.1) is 0 Å². The number of aliphatic carboxylic acids is 1. The van der Waals surface area contributed by atoms with Gasteiger partial charge in [-0.3, -0.25) is 0 Å². The maximum absolute atomic E-state index is 10.2. The van der Waals surface area contributed by atoms with Crippen molar-refractivity contribution in [2.24, 2.45) is 0 Å². The molecule has 1 aliphatic rings. The average molecular weight is 146 g/mol. The van der Waals surface area contributed by atoms with Crippen molar-refractivity contribution in [3.63, 3.8) is 0 Å². The van der Waals surface area contributed by atoms with Crippen molar-refractivity contribution in [2.45, 2.75) is 6.92 Å². The Labute approximate surface area is 56.4 Å². The molecule has 0 bridgehead atoms. The fourth-order valence-corrected chi connectivity index (χ4v) is 1.04. The van der Waals surface area contributed by atoms with Crippen LogP contribution in [0.15, 0.2) is 10.6 Å². The van der Waals surface area contributed by atoms with Gasteiger partial charge in [-0.1, -0.05) is 0 Å². The SMILES string of the molecule is CC1=C(C(=O)O)NNS1. The Morgan fingerprint density at radius 3 is 2.67 bits per heavy atom. The van der Waals surface area contributed by atoms with E-state index < -0.39 is 5.97 Å². The summed E-state index contributed by atoms with van der Waals surface area (Å²) in [4.78, 5) is 13.6. The fourth-order valence-electron chi connectivity index (χ4n) is 0.496. The zero-order valence-corrected chi connectivity index (χ0v) is 5.58. The van der Waals surface area contributed by atoms with Crippen molar-refractivity contribution in [1.82, 2.24) is 10.3 Å². The Kier molecular flexibility index (Phi) is 1.63. The van der Waals surface area contributed by atoms with Crippen molar-refractivity contribution in [3.8, 4) is 0 Å². The molecule has 0 unspecified atom stereocenters. The fraction of sp³-hybridized carbons (Fsp3) is 0.250. The number of rotatable bonds is 1. The van der Waals surface area contributed by atoms with Crippen LogP contribution < -0.4 is 10.3 Å². The van der Waals surface area contributed by atoms with E-state index in [2.05, 4.69) is 10.3 Å². The van der Waals surface area contributed by atoms with Crippen LogP contribution >= 0.6 is 11.9 Å². The lowest BCUT2D eigenvalue weighted by Gasteiger charge is -1.93. The van der Waals surface area contributed by atoms with Crippen LogP contribution in [0.1, 0.15) is 6.92 Å². The first-order valence-electron chi connectivity index (χ1n) is 2.34. The molecule has 9 heavy (non-hydrogen) atoms. The predicted molar refractivity (Wildman–Crippen MR) is 34.2 cm³/mol. The van der Waals surface area contributed by atoms with Gasteiger partial charge < -0.3 is 10.5 Å². The molecule has 5 heteroatoms. The van der Waals surface area contributed by atoms with Gasteiger partial charge in [-0.15, -0.1) is 0 Å². The number of hydrogen-bond acceptors (Lipinski definition) is 4. The highest BCUT2D eigenvalue weighted by Gasteiger charge is 2.16. The maximum atomic E-state index is 10.2. The Balaban J connectivity index is 2.78. The van der Waals surface area contributed by atoms with Gasteiger partial charge in [-0.25, -0.2) is 4.79 Å². The normalized spacial score (nSPS) is 17.9. The van der Waals surface area contributed by atoms with Gasteiger partial charge in [-0.05, 0) is 18.9 Å². The number of nitrogens with one attached hydrogen (secondary N) is 2. The zero-order chi connectivity index (χ0) is 6.85. The molecule has 0 aromatic heterocycles. The molecule has 1 aliphatic heterocycles. The minimum Gasteiger partial charge on any atom is -0.477 e. The monoisotopic (exact) mass is 146 g/mol. The number of hydrogen-bond donors (Lipinski definition) is 3. The molecule has 4 nitrogen and oxygen atoms in total. The molecular formula is C4H6N2O2S. The molecule has 50 valence electrons. The highest BCUT2D eigenvalue weighted by atomic mass is 32.2. The second kappa shape index (κ2) is 2.28. The number of hydrazine groups is 1. The largest absolute Gasteiger partial charge is 0.477 e. The number of carboxylic acids is 1. The minimum atomic E-state index is -0.926. The first kappa shape index (κ1) is 6.44. The summed E-state index contributed by atoms with van der Waals surface area (Å²) in [5, 5.41) is 8.41. The van der Waals surface area contributed by atoms with Crippen molar-refractivity contribution >= 4 is 17.9 Å². The molecule has 3 N–H and O–H groups in total. The lowest BCUT2D eigenvalue weighted by atomic mass is 10.4. The highest BCUT2D eigenvalue weighted by Crippen LogP contribution is 2.18. The van der Waals surface area contributed by atoms with Crippen molar-refractivity contribution in [3.05, 3.63) is 10.6 Å². The summed E-state index contributed by atoms with van der Waals surface area (Å²) in [5.74, 6) is -0.926. The third kappa shape index (κ3) is 1.17. The summed E-state index contributed by atoms with van der Waals surface area (Å²) in [5.41, 5.74) is 2.73. The summed E-state index contributed by atoms with van der Waals surface area (Å²) in [6, 6.07) is 0. The van der Waals surface area contributed by atoms with Crippen LogP contribution in [0.2, 0.25) is 0 Å². The molecule has 0 atom stereocenters. The molecule has 0 aliphatic carbocycles. The number of carboxylic acid groups (broad SMARTS) is 1. The molecule has 0 radical (unpaired) electrons. The summed E-state index contributed by atoms with van der Waals surface area (Å²) in [6.45, 7) is 1.74. The highest BCUT2D eigenvalue weighted by molar-refractivity contribution is 8.01. The third-order valence-electron chi connectivity index (χ3n) is 0.946. The maximum Gasteiger partial charge on any atom is 0.354 e. The van der Waals surface area contributed by atoms with Gasteiger partial charge in [0.2, 0.25) is 0 Å². The van der Waals surface area contributed by atoms with Gasteiger partial charge in [0.15, 0.2) is 0 Å². The van der Waals surface area contributed by atoms with E-state index >= 15 is 0 Å². The zero-order valence-electron chi connectivity index (χ0n) is 4.76. The molecule has 0 fully saturated rings. The number of allylic oxidation sites excluding steroid dienone is 1. The molecule has 0 aromatic carbocycles. The lowest BCUT2D eigenvalue weighted by molar-refractivity contribution is -0.133. The Morgan fingerprint density at radius 1 is 1.78 bits per heavy atom. The summed E-state index contributed by atoms with van der Waals surface area (Å²) in [7, 11) is 0. The van der Waals surface area contributed by atoms with Gasteiger partial charge in [0, 0.05) is 4.91 Å². The van der Waals surface area contributed by atoms with Gasteiger partial charge in [-0.2, -0.15) is 4.83 Å². The van der Waals surface area contributed by atoms with E-state index in [0.717, 1.165) is 4.91 Å². The van der Waals surface area contributed by atoms with Gasteiger partial charge in [0.1, 0.15) is 5.70 Å². The predicted octanol–water partition coefficient (Wildman–Crippen LogP) is 0.0585. The van der Waals surface area contributed by atoms with E-state index in [-0.39, 0.29) is 5.70 Å². The molecule has 1 rings (SSSR count). The molecular weight excluding hydrogens is 140 g/mol. The van der Waals surface area contributed by atoms with E-state index in [1.165, 1.54) is 11.9 Å². The van der Waals surface area contributed by atoms with Gasteiger partial charge in [0.25, 0.3) is 0 Å². The van der Waals surface area contributed by atoms with Crippen LogP contribution in [0.25, 0.3) is 0 Å². The standard InChI is InChI=1S/C4H6N2O2S/c1-2-3(4(7)8)5-6-9-2/h5-6H,1H3,(H,7,8). The van der Waals surface area contributed by atoms with E-state index in [9.17, 15) is 4.79 Å². The van der Waals surface area contributed by atoms with Crippen LogP contribution in [0.4, 0.5) is 0 Å². The molecule has 0 spiro atoms. The molecule has 0 amide bonds. The lowest BCUT2D eigenvalue weighted by Crippen LogP contribution is -2.23. The van der Waals surface area contributed by atoms with Crippen molar-refractivity contribution in [1.29, 1.82) is 0 Å². The topological polar surface area (TPSA) is 61.4 Å². The van der Waals surface area contributed by atoms with Crippen LogP contribution in [0.5, 0.6) is 0 Å². The molecule has 0 saturated heterocycles. The van der Waals surface area contributed by atoms with E-state index in [0.29, 0.717) is 0 Å². The Bertz CT molecular complexity index is 177. The molecule has 0 saturated carbocycles. The second-order valence-corrected chi connectivity index (χ2v) is 2.59. The first-order chi connectivity index (χ1) is 4.22. The van der Waals surface area contributed by atoms with E-state index in [1.807, 2.05) is 0 Å². The van der Waals surface area contributed by atoms with Crippen LogP contribution in [-0.4, -0.2) is 11.1 Å². The first-order valence-corrected chi connectivity index (χ1v) is 3.15. The van der Waals surface area contributed by atoms with Crippen LogP contribution in [0.3, 0.4) is 0 Å². The Hall–Kier alpha value is -0.680. The molecule has 0 aromatic rings. The second-order valence-electron chi connectivity index (χ2n) is 1.57. The summed E-state index contributed by atoms with van der Waals surface area (Å²) >= 11 is 1.27. The number of carbonyl (C=O) groups is 1.